The van der Waals surface area contributed by atoms with Gasteiger partial charge in [-0.25, -0.2) is 13.1 Å². The van der Waals surface area contributed by atoms with E-state index in [9.17, 15) is 13.2 Å². The minimum atomic E-state index is -3.60. The zero-order chi connectivity index (χ0) is 15.9. The average molecular weight is 323 g/mol. The summed E-state index contributed by atoms with van der Waals surface area (Å²) in [4.78, 5) is 15.4. The number of benzene rings is 1. The van der Waals surface area contributed by atoms with Crippen molar-refractivity contribution in [3.8, 4) is 0 Å². The van der Waals surface area contributed by atoms with Gasteiger partial charge in [-0.15, -0.1) is 0 Å². The quantitative estimate of drug-likeness (QED) is 0.883. The lowest BCUT2D eigenvalue weighted by molar-refractivity contribution is -0.126. The smallest absolute Gasteiger partial charge is 0.240 e. The number of carbonyl (C=O) groups excluding carboxylic acids is 1. The third-order valence-corrected chi connectivity index (χ3v) is 5.90. The Morgan fingerprint density at radius 3 is 2.68 bits per heavy atom. The van der Waals surface area contributed by atoms with Crippen LogP contribution in [0.1, 0.15) is 18.4 Å². The fraction of sp³-hybridized carbons (Fsp3) is 0.533. The lowest BCUT2D eigenvalue weighted by Crippen LogP contribution is -2.36. The maximum atomic E-state index is 12.5. The highest BCUT2D eigenvalue weighted by Gasteiger charge is 2.31. The Bertz CT molecular complexity index is 702. The van der Waals surface area contributed by atoms with Gasteiger partial charge in [0.2, 0.25) is 15.9 Å². The van der Waals surface area contributed by atoms with Crippen molar-refractivity contribution in [1.82, 2.24) is 9.62 Å². The summed E-state index contributed by atoms with van der Waals surface area (Å²) in [6.07, 6.45) is 2.29. The van der Waals surface area contributed by atoms with Gasteiger partial charge in [-0.2, -0.15) is 0 Å². The Morgan fingerprint density at radius 2 is 2.00 bits per heavy atom. The molecule has 1 amide bonds. The number of rotatable bonds is 3. The number of carbonyl (C=O) groups is 1. The highest BCUT2D eigenvalue weighted by atomic mass is 32.2. The second kappa shape index (κ2) is 5.55. The number of likely N-dealkylation sites (N-methyl/N-ethyl adjacent to an activating group) is 1. The van der Waals surface area contributed by atoms with Gasteiger partial charge >= 0.3 is 0 Å². The summed E-state index contributed by atoms with van der Waals surface area (Å²) >= 11 is 0. The number of aryl methyl sites for hydroxylation is 1. The molecule has 120 valence electrons. The Balaban J connectivity index is 1.84. The summed E-state index contributed by atoms with van der Waals surface area (Å²) in [5, 5.41) is 0. The molecule has 0 aromatic heterocycles. The number of nitrogens with zero attached hydrogens (tertiary/aromatic N) is 2. The lowest BCUT2D eigenvalue weighted by atomic mass is 10.0. The molecule has 1 aromatic rings. The van der Waals surface area contributed by atoms with E-state index in [1.165, 1.54) is 5.56 Å². The molecule has 22 heavy (non-hydrogen) atoms. The highest BCUT2D eigenvalue weighted by Crippen LogP contribution is 2.28. The van der Waals surface area contributed by atoms with Crippen LogP contribution in [0.5, 0.6) is 0 Å². The molecule has 6 nitrogen and oxygen atoms in total. The number of sulfonamides is 1. The average Bonchev–Trinajstić information content (AvgIpc) is 2.76. The van der Waals surface area contributed by atoms with Gasteiger partial charge in [0, 0.05) is 45.3 Å². The molecule has 0 spiro atoms. The predicted molar refractivity (Wildman–Crippen MR) is 84.4 cm³/mol. The monoisotopic (exact) mass is 323 g/mol. The first-order chi connectivity index (χ1) is 10.4. The van der Waals surface area contributed by atoms with Crippen LogP contribution in [0.25, 0.3) is 0 Å². The van der Waals surface area contributed by atoms with E-state index in [4.69, 9.17) is 0 Å². The van der Waals surface area contributed by atoms with E-state index in [1.54, 1.807) is 24.1 Å². The number of nitrogens with one attached hydrogen (secondary N) is 1. The van der Waals surface area contributed by atoms with E-state index in [0.29, 0.717) is 6.54 Å². The first kappa shape index (κ1) is 15.3. The van der Waals surface area contributed by atoms with Crippen molar-refractivity contribution in [2.75, 3.05) is 32.1 Å². The molecule has 1 unspecified atom stereocenters. The van der Waals surface area contributed by atoms with E-state index < -0.39 is 10.0 Å². The van der Waals surface area contributed by atoms with Crippen LogP contribution in [0.2, 0.25) is 0 Å². The Morgan fingerprint density at radius 1 is 1.23 bits per heavy atom. The molecule has 2 aliphatic heterocycles. The Hall–Kier alpha value is -1.60. The molecule has 7 heteroatoms. The van der Waals surface area contributed by atoms with E-state index in [2.05, 4.69) is 9.62 Å². The molecule has 1 fully saturated rings. The van der Waals surface area contributed by atoms with Crippen LogP contribution in [-0.2, 0) is 21.2 Å². The van der Waals surface area contributed by atoms with Crippen LogP contribution in [0.15, 0.2) is 23.1 Å². The van der Waals surface area contributed by atoms with E-state index >= 15 is 0 Å². The summed E-state index contributed by atoms with van der Waals surface area (Å²) in [6, 6.07) is 4.93. The third kappa shape index (κ3) is 2.83. The van der Waals surface area contributed by atoms with Gasteiger partial charge < -0.3 is 9.80 Å². The number of hydrogen-bond donors (Lipinski definition) is 1. The van der Waals surface area contributed by atoms with Crippen molar-refractivity contribution in [1.29, 1.82) is 0 Å². The number of hydrogen-bond acceptors (Lipinski definition) is 4. The summed E-state index contributed by atoms with van der Waals surface area (Å²) in [7, 11) is 0.0606. The van der Waals surface area contributed by atoms with Crippen molar-refractivity contribution in [3.05, 3.63) is 23.8 Å². The summed E-state index contributed by atoms with van der Waals surface area (Å²) in [6.45, 7) is 1.36. The van der Waals surface area contributed by atoms with Gasteiger partial charge in [-0.1, -0.05) is 6.07 Å². The minimum absolute atomic E-state index is 0.0297. The van der Waals surface area contributed by atoms with Crippen molar-refractivity contribution in [2.24, 2.45) is 0 Å². The second-order valence-electron chi connectivity index (χ2n) is 6.11. The topological polar surface area (TPSA) is 69.7 Å². The van der Waals surface area contributed by atoms with Gasteiger partial charge in [0.15, 0.2) is 0 Å². The molecule has 1 atom stereocenters. The van der Waals surface area contributed by atoms with Gasteiger partial charge in [-0.05, 0) is 30.5 Å². The van der Waals surface area contributed by atoms with Gasteiger partial charge in [0.1, 0.15) is 0 Å². The molecule has 0 aliphatic carbocycles. The lowest BCUT2D eigenvalue weighted by Gasteiger charge is -2.28. The normalized spacial score (nSPS) is 22.1. The van der Waals surface area contributed by atoms with E-state index in [-0.39, 0.29) is 23.3 Å². The minimum Gasteiger partial charge on any atom is -0.374 e. The molecule has 0 saturated carbocycles. The third-order valence-electron chi connectivity index (χ3n) is 4.38. The van der Waals surface area contributed by atoms with E-state index in [0.717, 1.165) is 25.1 Å². The molecular weight excluding hydrogens is 302 g/mol. The zero-order valence-electron chi connectivity index (χ0n) is 12.9. The van der Waals surface area contributed by atoms with E-state index in [1.807, 2.05) is 13.1 Å². The molecule has 3 rings (SSSR count). The van der Waals surface area contributed by atoms with Gasteiger partial charge in [0.05, 0.1) is 4.90 Å². The standard InChI is InChI=1S/C15H21N3O3S/c1-17-7-3-4-11-5-6-13(9-14(11)17)22(20,21)16-12-8-15(19)18(2)10-12/h5-6,9,12,16H,3-4,7-8,10H2,1-2H3. The molecular formula is C15H21N3O3S. The molecule has 0 radical (unpaired) electrons. The molecule has 1 aromatic carbocycles. The van der Waals surface area contributed by atoms with Crippen LogP contribution in [0.3, 0.4) is 0 Å². The molecule has 2 heterocycles. The van der Waals surface area contributed by atoms with Crippen LogP contribution in [-0.4, -0.2) is 52.5 Å². The van der Waals surface area contributed by atoms with Crippen molar-refractivity contribution >= 4 is 21.6 Å². The molecule has 0 bridgehead atoms. The van der Waals surface area contributed by atoms with Crippen molar-refractivity contribution in [3.63, 3.8) is 0 Å². The first-order valence-corrected chi connectivity index (χ1v) is 8.95. The van der Waals surface area contributed by atoms with Crippen LogP contribution >= 0.6 is 0 Å². The van der Waals surface area contributed by atoms with Crippen LogP contribution < -0.4 is 9.62 Å². The predicted octanol–water partition coefficient (Wildman–Crippen LogP) is 0.578. The summed E-state index contributed by atoms with van der Waals surface area (Å²) < 4.78 is 27.7. The Kier molecular flexibility index (Phi) is 3.86. The summed E-state index contributed by atoms with van der Waals surface area (Å²) in [5.41, 5.74) is 2.16. The number of anilines is 1. The fourth-order valence-electron chi connectivity index (χ4n) is 3.13. The number of amides is 1. The van der Waals surface area contributed by atoms with Crippen molar-refractivity contribution in [2.45, 2.75) is 30.2 Å². The van der Waals surface area contributed by atoms with Gasteiger partial charge in [-0.3, -0.25) is 4.79 Å². The van der Waals surface area contributed by atoms with Crippen LogP contribution in [0, 0.1) is 0 Å². The largest absolute Gasteiger partial charge is 0.374 e. The SMILES string of the molecule is CN1CC(NS(=O)(=O)c2ccc3c(c2)N(C)CCC3)CC1=O. The highest BCUT2D eigenvalue weighted by molar-refractivity contribution is 7.89. The zero-order valence-corrected chi connectivity index (χ0v) is 13.7. The molecule has 1 saturated heterocycles. The Labute approximate surface area is 131 Å². The van der Waals surface area contributed by atoms with Crippen molar-refractivity contribution < 1.29 is 13.2 Å². The maximum absolute atomic E-state index is 12.5. The molecule has 2 aliphatic rings. The number of likely N-dealkylation sites (tertiary alicyclic amines) is 1. The van der Waals surface area contributed by atoms with Gasteiger partial charge in [0.25, 0.3) is 0 Å². The van der Waals surface area contributed by atoms with Crippen LogP contribution in [0.4, 0.5) is 5.69 Å². The molecule has 1 N–H and O–H groups in total. The second-order valence-corrected chi connectivity index (χ2v) is 7.83. The fourth-order valence-corrected chi connectivity index (χ4v) is 4.38. The maximum Gasteiger partial charge on any atom is 0.240 e. The number of fused-ring (bicyclic) bond motifs is 1. The first-order valence-electron chi connectivity index (χ1n) is 7.47. The summed E-state index contributed by atoms with van der Waals surface area (Å²) in [5.74, 6) is -0.0297.